The Morgan fingerprint density at radius 2 is 1.88 bits per heavy atom. The average Bonchev–Trinajstić information content (AvgIpc) is 2.43. The fourth-order valence-electron chi connectivity index (χ4n) is 1.07. The van der Waals surface area contributed by atoms with E-state index in [1.165, 1.54) is 0 Å². The first-order valence-electron chi connectivity index (χ1n) is 6.13. The lowest BCUT2D eigenvalue weighted by molar-refractivity contribution is 0.412. The van der Waals surface area contributed by atoms with E-state index in [1.54, 1.807) is 19.5 Å². The maximum absolute atomic E-state index is 8.52. The van der Waals surface area contributed by atoms with Crippen LogP contribution in [0.3, 0.4) is 0 Å². The van der Waals surface area contributed by atoms with Crippen molar-refractivity contribution in [3.8, 4) is 11.8 Å². The molecule has 17 heavy (non-hydrogen) atoms. The third-order valence-electron chi connectivity index (χ3n) is 1.94. The maximum atomic E-state index is 8.52. The molecule has 0 aromatic carbocycles. The Balaban J connectivity index is 0. The molecule has 0 fully saturated rings. The van der Waals surface area contributed by atoms with Gasteiger partial charge in [-0.1, -0.05) is 34.6 Å². The Bertz CT molecular complexity index is 318. The number of nitriles is 1. The molecule has 1 aromatic rings. The number of pyridine rings is 1. The van der Waals surface area contributed by atoms with Crippen molar-refractivity contribution < 1.29 is 4.74 Å². The van der Waals surface area contributed by atoms with Gasteiger partial charge >= 0.3 is 0 Å². The van der Waals surface area contributed by atoms with E-state index in [4.69, 9.17) is 10.00 Å². The molecule has 0 spiro atoms. The van der Waals surface area contributed by atoms with Gasteiger partial charge in [0.2, 0.25) is 0 Å². The van der Waals surface area contributed by atoms with E-state index in [0.717, 1.165) is 11.3 Å². The van der Waals surface area contributed by atoms with Crippen molar-refractivity contribution in [2.75, 3.05) is 7.11 Å². The van der Waals surface area contributed by atoms with Gasteiger partial charge in [-0.15, -0.1) is 0 Å². The van der Waals surface area contributed by atoms with Crippen LogP contribution < -0.4 is 4.74 Å². The van der Waals surface area contributed by atoms with E-state index in [2.05, 4.69) is 11.1 Å². The fraction of sp³-hybridized carbons (Fsp3) is 0.571. The molecule has 0 N–H and O–H groups in total. The minimum absolute atomic E-state index is 0.215. The molecule has 1 aromatic heterocycles. The lowest BCUT2D eigenvalue weighted by Gasteiger charge is -2.07. The first-order chi connectivity index (χ1) is 8.27. The summed E-state index contributed by atoms with van der Waals surface area (Å²) in [5.74, 6) is 0.954. The molecule has 1 atom stereocenters. The lowest BCUT2D eigenvalue weighted by atomic mass is 10.0. The van der Waals surface area contributed by atoms with E-state index < -0.39 is 0 Å². The minimum Gasteiger partial charge on any atom is -0.495 e. The van der Waals surface area contributed by atoms with Crippen LogP contribution in [0.4, 0.5) is 0 Å². The molecule has 3 heteroatoms. The van der Waals surface area contributed by atoms with Gasteiger partial charge in [-0.2, -0.15) is 5.26 Å². The van der Waals surface area contributed by atoms with Crippen molar-refractivity contribution in [1.82, 2.24) is 4.98 Å². The van der Waals surface area contributed by atoms with Gasteiger partial charge in [0.15, 0.2) is 0 Å². The van der Waals surface area contributed by atoms with Crippen LogP contribution in [0.1, 0.15) is 52.5 Å². The second kappa shape index (κ2) is 12.5. The molecule has 0 amide bonds. The Morgan fingerprint density at radius 1 is 1.29 bits per heavy atom. The molecule has 0 bridgehead atoms. The van der Waals surface area contributed by atoms with Crippen molar-refractivity contribution in [3.63, 3.8) is 0 Å². The highest BCUT2D eigenvalue weighted by Crippen LogP contribution is 2.20. The van der Waals surface area contributed by atoms with E-state index in [9.17, 15) is 0 Å². The topological polar surface area (TPSA) is 45.9 Å². The van der Waals surface area contributed by atoms with E-state index in [1.807, 2.05) is 40.7 Å². The predicted octanol–water partition coefficient (Wildman–Crippen LogP) is 4.16. The van der Waals surface area contributed by atoms with Gasteiger partial charge in [0.05, 0.1) is 19.4 Å². The smallest absolute Gasteiger partial charge is 0.137 e. The summed E-state index contributed by atoms with van der Waals surface area (Å²) in [6, 6.07) is 4.05. The fourth-order valence-corrected chi connectivity index (χ4v) is 1.07. The van der Waals surface area contributed by atoms with Crippen LogP contribution in [0, 0.1) is 11.3 Å². The van der Waals surface area contributed by atoms with Gasteiger partial charge in [0, 0.05) is 12.6 Å². The first kappa shape index (κ1) is 17.8. The summed E-state index contributed by atoms with van der Waals surface area (Å²) in [7, 11) is 1.61. The van der Waals surface area contributed by atoms with Gasteiger partial charge in [-0.3, -0.25) is 4.98 Å². The number of aromatic nitrogens is 1. The van der Waals surface area contributed by atoms with E-state index in [-0.39, 0.29) is 5.92 Å². The maximum Gasteiger partial charge on any atom is 0.137 e. The zero-order valence-electron chi connectivity index (χ0n) is 11.8. The van der Waals surface area contributed by atoms with Crippen LogP contribution in [0.15, 0.2) is 18.5 Å². The second-order valence-electron chi connectivity index (χ2n) is 2.92. The summed E-state index contributed by atoms with van der Waals surface area (Å²) in [5.41, 5.74) is 1.04. The molecule has 1 rings (SSSR count). The predicted molar refractivity (Wildman–Crippen MR) is 72.1 cm³/mol. The summed E-state index contributed by atoms with van der Waals surface area (Å²) in [6.45, 7) is 10.00. The van der Waals surface area contributed by atoms with Crippen molar-refractivity contribution in [2.45, 2.75) is 47.0 Å². The van der Waals surface area contributed by atoms with Gasteiger partial charge in [0.1, 0.15) is 5.75 Å². The quantitative estimate of drug-likeness (QED) is 0.791. The number of hydrogen-bond donors (Lipinski definition) is 0. The summed E-state index contributed by atoms with van der Waals surface area (Å²) >= 11 is 0. The van der Waals surface area contributed by atoms with E-state index >= 15 is 0 Å². The lowest BCUT2D eigenvalue weighted by Crippen LogP contribution is -1.94. The van der Waals surface area contributed by atoms with Gasteiger partial charge in [-0.25, -0.2) is 0 Å². The number of ether oxygens (including phenoxy) is 1. The molecule has 0 radical (unpaired) electrons. The molecule has 1 heterocycles. The van der Waals surface area contributed by atoms with Crippen LogP contribution in [-0.4, -0.2) is 12.1 Å². The van der Waals surface area contributed by atoms with Crippen LogP contribution in [0.5, 0.6) is 5.75 Å². The molecule has 96 valence electrons. The van der Waals surface area contributed by atoms with Crippen LogP contribution >= 0.6 is 0 Å². The largest absolute Gasteiger partial charge is 0.495 e. The Hall–Kier alpha value is -1.56. The van der Waals surface area contributed by atoms with Crippen LogP contribution in [-0.2, 0) is 0 Å². The monoisotopic (exact) mass is 236 g/mol. The standard InChI is InChI=1S/C10H12N2O.2C2H6/c1-8(3-4-11)9-5-10(13-2)7-12-6-9;2*1-2/h5-8H,3H2,1-2H3;2*1-2H3. The number of methoxy groups -OCH3 is 1. The molecular weight excluding hydrogens is 212 g/mol. The third-order valence-corrected chi connectivity index (χ3v) is 1.94. The number of hydrogen-bond acceptors (Lipinski definition) is 3. The van der Waals surface area contributed by atoms with Crippen molar-refractivity contribution in [2.24, 2.45) is 0 Å². The van der Waals surface area contributed by atoms with Crippen LogP contribution in [0.2, 0.25) is 0 Å². The number of nitrogens with zero attached hydrogens (tertiary/aromatic N) is 2. The molecule has 0 saturated heterocycles. The third kappa shape index (κ3) is 7.35. The number of rotatable bonds is 3. The molecule has 0 aliphatic heterocycles. The van der Waals surface area contributed by atoms with Crippen molar-refractivity contribution in [3.05, 3.63) is 24.0 Å². The first-order valence-corrected chi connectivity index (χ1v) is 6.13. The highest BCUT2D eigenvalue weighted by atomic mass is 16.5. The van der Waals surface area contributed by atoms with Gasteiger partial charge < -0.3 is 4.74 Å². The molecule has 0 saturated carbocycles. The highest BCUT2D eigenvalue weighted by molar-refractivity contribution is 5.26. The molecule has 1 unspecified atom stereocenters. The second-order valence-corrected chi connectivity index (χ2v) is 2.92. The summed E-state index contributed by atoms with van der Waals surface area (Å²) in [6.07, 6.45) is 3.93. The molecule has 0 aliphatic carbocycles. The molecular formula is C14H24N2O. The zero-order chi connectivity index (χ0) is 13.7. The zero-order valence-corrected chi connectivity index (χ0v) is 11.8. The summed E-state index contributed by atoms with van der Waals surface area (Å²) in [5, 5.41) is 8.52. The van der Waals surface area contributed by atoms with Crippen molar-refractivity contribution >= 4 is 0 Å². The Morgan fingerprint density at radius 3 is 2.35 bits per heavy atom. The SMILES string of the molecule is CC.CC.COc1cncc(C(C)CC#N)c1. The normalized spacial score (nSPS) is 9.71. The Kier molecular flexibility index (Phi) is 13.1. The molecule has 0 aliphatic rings. The van der Waals surface area contributed by atoms with Crippen molar-refractivity contribution in [1.29, 1.82) is 5.26 Å². The van der Waals surface area contributed by atoms with Crippen LogP contribution in [0.25, 0.3) is 0 Å². The van der Waals surface area contributed by atoms with Gasteiger partial charge in [0.25, 0.3) is 0 Å². The molecule has 3 nitrogen and oxygen atoms in total. The average molecular weight is 236 g/mol. The minimum atomic E-state index is 0.215. The van der Waals surface area contributed by atoms with Gasteiger partial charge in [-0.05, 0) is 17.5 Å². The summed E-state index contributed by atoms with van der Waals surface area (Å²) < 4.78 is 5.04. The van der Waals surface area contributed by atoms with E-state index in [0.29, 0.717) is 6.42 Å². The highest BCUT2D eigenvalue weighted by Gasteiger charge is 2.05. The summed E-state index contributed by atoms with van der Waals surface area (Å²) in [4.78, 5) is 4.02. The Labute approximate surface area is 105 Å².